The molecule has 0 aromatic heterocycles. The van der Waals surface area contributed by atoms with E-state index in [1.54, 1.807) is 7.11 Å². The number of methoxy groups -OCH3 is 1. The van der Waals surface area contributed by atoms with Gasteiger partial charge in [0.1, 0.15) is 5.41 Å². The molecule has 0 spiro atoms. The van der Waals surface area contributed by atoms with Crippen LogP contribution >= 0.6 is 0 Å². The molecule has 0 saturated heterocycles. The Kier molecular flexibility index (Phi) is 2.69. The zero-order chi connectivity index (χ0) is 12.5. The van der Waals surface area contributed by atoms with Crippen molar-refractivity contribution in [3.8, 4) is 18.4 Å². The minimum absolute atomic E-state index is 0.551. The van der Waals surface area contributed by atoms with E-state index in [4.69, 9.17) is 11.2 Å². The number of hydrogen-bond acceptors (Lipinski definition) is 2. The van der Waals surface area contributed by atoms with Gasteiger partial charge in [-0.3, -0.25) is 0 Å². The van der Waals surface area contributed by atoms with Gasteiger partial charge in [-0.1, -0.05) is 35.7 Å². The Bertz CT molecular complexity index is 516. The van der Waals surface area contributed by atoms with Crippen LogP contribution in [0.1, 0.15) is 24.0 Å². The summed E-state index contributed by atoms with van der Waals surface area (Å²) in [6.45, 7) is 2.01. The van der Waals surface area contributed by atoms with Crippen molar-refractivity contribution < 1.29 is 4.74 Å². The van der Waals surface area contributed by atoms with Gasteiger partial charge in [-0.25, -0.2) is 0 Å². The molecule has 1 atom stereocenters. The predicted octanol–water partition coefficient (Wildman–Crippen LogP) is 2.77. The Morgan fingerprint density at radius 2 is 2.18 bits per heavy atom. The Morgan fingerprint density at radius 1 is 1.47 bits per heavy atom. The minimum Gasteiger partial charge on any atom is -0.360 e. The molecular formula is C15H15NO. The maximum Gasteiger partial charge on any atom is 0.171 e. The van der Waals surface area contributed by atoms with Crippen molar-refractivity contribution in [1.29, 1.82) is 5.26 Å². The molecule has 17 heavy (non-hydrogen) atoms. The van der Waals surface area contributed by atoms with E-state index in [1.807, 2.05) is 31.2 Å². The summed E-state index contributed by atoms with van der Waals surface area (Å²) in [6.07, 6.45) is 7.28. The third kappa shape index (κ3) is 1.54. The van der Waals surface area contributed by atoms with Crippen molar-refractivity contribution in [1.82, 2.24) is 0 Å². The average molecular weight is 225 g/mol. The number of nitriles is 1. The molecule has 0 N–H and O–H groups in total. The highest BCUT2D eigenvalue weighted by molar-refractivity contribution is 5.42. The van der Waals surface area contributed by atoms with Crippen molar-refractivity contribution in [2.75, 3.05) is 7.11 Å². The Labute approximate surface area is 102 Å². The molecule has 2 heteroatoms. The van der Waals surface area contributed by atoms with Crippen LogP contribution in [0.25, 0.3) is 0 Å². The third-order valence-corrected chi connectivity index (χ3v) is 3.57. The normalized spacial score (nSPS) is 19.8. The monoisotopic (exact) mass is 225 g/mol. The maximum absolute atomic E-state index is 9.36. The number of aryl methyl sites for hydroxylation is 1. The lowest BCUT2D eigenvalue weighted by Crippen LogP contribution is -2.36. The van der Waals surface area contributed by atoms with Crippen LogP contribution in [0.4, 0.5) is 0 Å². The lowest BCUT2D eigenvalue weighted by atomic mass is 9.79. The number of nitrogens with zero attached hydrogens (tertiary/aromatic N) is 1. The lowest BCUT2D eigenvalue weighted by Gasteiger charge is -2.32. The highest BCUT2D eigenvalue weighted by Gasteiger charge is 2.61. The molecule has 0 bridgehead atoms. The summed E-state index contributed by atoms with van der Waals surface area (Å²) in [6, 6.07) is 10.2. The van der Waals surface area contributed by atoms with Crippen LogP contribution in [0.15, 0.2) is 24.3 Å². The average Bonchev–Trinajstić information content (AvgIpc) is 3.13. The fraction of sp³-hybridized carbons (Fsp3) is 0.400. The van der Waals surface area contributed by atoms with Crippen LogP contribution in [-0.2, 0) is 10.3 Å². The van der Waals surface area contributed by atoms with Crippen molar-refractivity contribution >= 4 is 0 Å². The highest BCUT2D eigenvalue weighted by atomic mass is 16.5. The summed E-state index contributed by atoms with van der Waals surface area (Å²) in [4.78, 5) is 0. The zero-order valence-corrected chi connectivity index (χ0v) is 10.2. The van der Waals surface area contributed by atoms with Gasteiger partial charge in [0.15, 0.2) is 5.60 Å². The van der Waals surface area contributed by atoms with Gasteiger partial charge in [-0.2, -0.15) is 5.26 Å². The van der Waals surface area contributed by atoms with E-state index in [9.17, 15) is 5.26 Å². The molecular weight excluding hydrogens is 210 g/mol. The largest absolute Gasteiger partial charge is 0.360 e. The fourth-order valence-corrected chi connectivity index (χ4v) is 2.40. The predicted molar refractivity (Wildman–Crippen MR) is 66.0 cm³/mol. The molecule has 0 radical (unpaired) electrons. The molecule has 1 saturated carbocycles. The summed E-state index contributed by atoms with van der Waals surface area (Å²) in [5, 5.41) is 9.36. The summed E-state index contributed by atoms with van der Waals surface area (Å²) in [5.41, 5.74) is 0.562. The topological polar surface area (TPSA) is 33.0 Å². The molecule has 1 aromatic rings. The van der Waals surface area contributed by atoms with E-state index in [-0.39, 0.29) is 0 Å². The Morgan fingerprint density at radius 3 is 2.59 bits per heavy atom. The van der Waals surface area contributed by atoms with Gasteiger partial charge in [-0.05, 0) is 25.3 Å². The summed E-state index contributed by atoms with van der Waals surface area (Å²) in [7, 11) is 1.58. The smallest absolute Gasteiger partial charge is 0.171 e. The van der Waals surface area contributed by atoms with Crippen molar-refractivity contribution in [3.63, 3.8) is 0 Å². The zero-order valence-electron chi connectivity index (χ0n) is 10.2. The molecule has 2 nitrogen and oxygen atoms in total. The van der Waals surface area contributed by atoms with Crippen molar-refractivity contribution in [2.24, 2.45) is 5.41 Å². The quantitative estimate of drug-likeness (QED) is 0.741. The van der Waals surface area contributed by atoms with E-state index in [2.05, 4.69) is 12.0 Å². The number of ether oxygens (including phenoxy) is 1. The first-order valence-electron chi connectivity index (χ1n) is 5.65. The van der Waals surface area contributed by atoms with Gasteiger partial charge >= 0.3 is 0 Å². The molecule has 2 rings (SSSR count). The summed E-state index contributed by atoms with van der Waals surface area (Å²) < 4.78 is 5.59. The second-order valence-corrected chi connectivity index (χ2v) is 4.59. The number of rotatable bonds is 3. The molecule has 0 amide bonds. The van der Waals surface area contributed by atoms with Gasteiger partial charge < -0.3 is 4.74 Å². The summed E-state index contributed by atoms with van der Waals surface area (Å²) >= 11 is 0. The molecule has 0 unspecified atom stereocenters. The van der Waals surface area contributed by atoms with Gasteiger partial charge in [0, 0.05) is 7.11 Å². The van der Waals surface area contributed by atoms with E-state index in [1.165, 1.54) is 0 Å². The van der Waals surface area contributed by atoms with E-state index in [0.29, 0.717) is 0 Å². The molecule has 0 aliphatic heterocycles. The fourth-order valence-electron chi connectivity index (χ4n) is 2.40. The van der Waals surface area contributed by atoms with Crippen LogP contribution in [0.2, 0.25) is 0 Å². The van der Waals surface area contributed by atoms with Crippen LogP contribution < -0.4 is 0 Å². The Balaban J connectivity index is 2.58. The number of terminal acetylenes is 1. The number of benzene rings is 1. The SMILES string of the molecule is C#C[C@@](OC)(c1cccc(C)c1)C1(C#N)CC1. The first-order chi connectivity index (χ1) is 8.14. The standard InChI is InChI=1S/C15H15NO/c1-4-15(17-3,14(11-16)8-9-14)13-7-5-6-12(2)10-13/h1,5-7,10H,8-9H2,2-3H3/t15-/m1/s1. The van der Waals surface area contributed by atoms with Gasteiger partial charge in [0.05, 0.1) is 6.07 Å². The minimum atomic E-state index is -0.909. The van der Waals surface area contributed by atoms with Gasteiger partial charge in [-0.15, -0.1) is 6.42 Å². The van der Waals surface area contributed by atoms with Crippen molar-refractivity contribution in [2.45, 2.75) is 25.4 Å². The second-order valence-electron chi connectivity index (χ2n) is 4.59. The van der Waals surface area contributed by atoms with Crippen molar-refractivity contribution in [3.05, 3.63) is 35.4 Å². The molecule has 1 aromatic carbocycles. The highest BCUT2D eigenvalue weighted by Crippen LogP contribution is 2.59. The van der Waals surface area contributed by atoms with Crippen LogP contribution in [0.5, 0.6) is 0 Å². The molecule has 1 fully saturated rings. The summed E-state index contributed by atoms with van der Waals surface area (Å²) in [5.74, 6) is 2.72. The third-order valence-electron chi connectivity index (χ3n) is 3.57. The molecule has 0 heterocycles. The first-order valence-corrected chi connectivity index (χ1v) is 5.65. The van der Waals surface area contributed by atoms with Crippen LogP contribution in [-0.4, -0.2) is 7.11 Å². The molecule has 86 valence electrons. The van der Waals surface area contributed by atoms with Crippen LogP contribution in [0, 0.1) is 36.0 Å². The number of hydrogen-bond donors (Lipinski definition) is 0. The second kappa shape index (κ2) is 3.91. The van der Waals surface area contributed by atoms with Gasteiger partial charge in [0.2, 0.25) is 0 Å². The van der Waals surface area contributed by atoms with Gasteiger partial charge in [0.25, 0.3) is 0 Å². The van der Waals surface area contributed by atoms with E-state index >= 15 is 0 Å². The molecule has 1 aliphatic rings. The molecule has 1 aliphatic carbocycles. The van der Waals surface area contributed by atoms with Crippen LogP contribution in [0.3, 0.4) is 0 Å². The van der Waals surface area contributed by atoms with E-state index < -0.39 is 11.0 Å². The maximum atomic E-state index is 9.36. The van der Waals surface area contributed by atoms with E-state index in [0.717, 1.165) is 24.0 Å². The lowest BCUT2D eigenvalue weighted by molar-refractivity contribution is -0.00569. The Hall–Kier alpha value is -1.77. The first kappa shape index (κ1) is 11.7.